The number of piperidine rings is 1. The van der Waals surface area contributed by atoms with Crippen LogP contribution in [0.1, 0.15) is 38.2 Å². The van der Waals surface area contributed by atoms with E-state index >= 15 is 0 Å². The van der Waals surface area contributed by atoms with E-state index in [1.54, 1.807) is 0 Å². The third-order valence-corrected chi connectivity index (χ3v) is 5.67. The van der Waals surface area contributed by atoms with Gasteiger partial charge in [-0.05, 0) is 44.2 Å². The summed E-state index contributed by atoms with van der Waals surface area (Å²) in [5.41, 5.74) is 2.36. The van der Waals surface area contributed by atoms with Crippen LogP contribution in [0.5, 0.6) is 0 Å². The molecule has 0 radical (unpaired) electrons. The number of nitrogens with one attached hydrogen (secondary N) is 2. The summed E-state index contributed by atoms with van der Waals surface area (Å²) in [6.45, 7) is 11.4. The number of hydrogen-bond acceptors (Lipinski definition) is 3. The Morgan fingerprint density at radius 1 is 1.27 bits per heavy atom. The predicted octanol–water partition coefficient (Wildman–Crippen LogP) is 3.18. The zero-order valence-electron chi connectivity index (χ0n) is 18.1. The maximum Gasteiger partial charge on any atom is 0.227 e. The molecule has 0 aliphatic carbocycles. The number of aliphatic imine (C=N–C) groups is 1. The van der Waals surface area contributed by atoms with Gasteiger partial charge in [0.1, 0.15) is 0 Å². The van der Waals surface area contributed by atoms with Crippen LogP contribution in [0, 0.1) is 0 Å². The van der Waals surface area contributed by atoms with E-state index in [1.807, 2.05) is 29.2 Å². The van der Waals surface area contributed by atoms with Gasteiger partial charge in [0.05, 0.1) is 0 Å². The lowest BCUT2D eigenvalue weighted by Gasteiger charge is -2.32. The van der Waals surface area contributed by atoms with Crippen molar-refractivity contribution in [1.29, 1.82) is 0 Å². The Balaban J connectivity index is 0.00000320. The molecule has 1 saturated heterocycles. The van der Waals surface area contributed by atoms with Gasteiger partial charge in [0, 0.05) is 57.4 Å². The number of halogens is 1. The van der Waals surface area contributed by atoms with E-state index in [4.69, 9.17) is 4.99 Å². The van der Waals surface area contributed by atoms with Crippen molar-refractivity contribution in [2.75, 3.05) is 44.2 Å². The zero-order valence-corrected chi connectivity index (χ0v) is 20.4. The molecule has 0 saturated carbocycles. The number of anilines is 1. The number of para-hydroxylation sites is 1. The standard InChI is InChI=1S/C23H35N5O.HI/c1-3-15-27-16-12-20(13-17-27)26-23(24-4-2)25-14-7-10-22(29)28-18-11-19-8-5-6-9-21(19)28;/h3,5-6,8-9,20H,1,4,7,10-18H2,2H3,(H2,24,25,26);1H. The zero-order chi connectivity index (χ0) is 20.5. The fraction of sp³-hybridized carbons (Fsp3) is 0.565. The summed E-state index contributed by atoms with van der Waals surface area (Å²) in [6, 6.07) is 8.66. The molecular weight excluding hydrogens is 489 g/mol. The van der Waals surface area contributed by atoms with E-state index in [0.717, 1.165) is 70.1 Å². The molecule has 0 unspecified atom stereocenters. The maximum absolute atomic E-state index is 12.6. The molecule has 166 valence electrons. The van der Waals surface area contributed by atoms with E-state index in [0.29, 0.717) is 19.0 Å². The lowest BCUT2D eigenvalue weighted by Crippen LogP contribution is -2.48. The molecule has 1 fully saturated rings. The number of carbonyl (C=O) groups excluding carboxylic acids is 1. The minimum absolute atomic E-state index is 0. The van der Waals surface area contributed by atoms with Crippen molar-refractivity contribution in [3.05, 3.63) is 42.5 Å². The summed E-state index contributed by atoms with van der Waals surface area (Å²) >= 11 is 0. The van der Waals surface area contributed by atoms with Gasteiger partial charge in [-0.3, -0.25) is 14.7 Å². The molecule has 7 heteroatoms. The molecular formula is C23H36IN5O. The second-order valence-corrected chi connectivity index (χ2v) is 7.80. The number of hydrogen-bond donors (Lipinski definition) is 2. The minimum atomic E-state index is 0. The number of rotatable bonds is 8. The van der Waals surface area contributed by atoms with Crippen molar-refractivity contribution >= 4 is 41.5 Å². The van der Waals surface area contributed by atoms with E-state index in [9.17, 15) is 4.79 Å². The molecule has 0 aromatic heterocycles. The monoisotopic (exact) mass is 525 g/mol. The van der Waals surface area contributed by atoms with Crippen molar-refractivity contribution in [3.63, 3.8) is 0 Å². The Kier molecular flexibility index (Phi) is 10.6. The first kappa shape index (κ1) is 24.7. The molecule has 0 atom stereocenters. The second kappa shape index (κ2) is 12.9. The Labute approximate surface area is 198 Å². The average molecular weight is 525 g/mol. The van der Waals surface area contributed by atoms with Crippen LogP contribution in [0.2, 0.25) is 0 Å². The van der Waals surface area contributed by atoms with Gasteiger partial charge in [0.25, 0.3) is 0 Å². The van der Waals surface area contributed by atoms with Crippen molar-refractivity contribution < 1.29 is 4.79 Å². The summed E-state index contributed by atoms with van der Waals surface area (Å²) in [5, 5.41) is 6.90. The predicted molar refractivity (Wildman–Crippen MR) is 136 cm³/mol. The number of amides is 1. The first-order valence-corrected chi connectivity index (χ1v) is 11.0. The largest absolute Gasteiger partial charge is 0.357 e. The van der Waals surface area contributed by atoms with Gasteiger partial charge in [-0.1, -0.05) is 24.3 Å². The maximum atomic E-state index is 12.6. The number of likely N-dealkylation sites (tertiary alicyclic amines) is 1. The lowest BCUT2D eigenvalue weighted by molar-refractivity contribution is -0.118. The van der Waals surface area contributed by atoms with Crippen LogP contribution in [-0.4, -0.2) is 62.1 Å². The molecule has 3 rings (SSSR count). The summed E-state index contributed by atoms with van der Waals surface area (Å²) in [4.78, 5) is 21.7. The van der Waals surface area contributed by atoms with E-state index < -0.39 is 0 Å². The van der Waals surface area contributed by atoms with Crippen molar-refractivity contribution in [3.8, 4) is 0 Å². The molecule has 1 aromatic carbocycles. The molecule has 2 heterocycles. The first-order valence-electron chi connectivity index (χ1n) is 11.0. The van der Waals surface area contributed by atoms with Crippen LogP contribution >= 0.6 is 24.0 Å². The van der Waals surface area contributed by atoms with Gasteiger partial charge in [-0.25, -0.2) is 0 Å². The smallest absolute Gasteiger partial charge is 0.227 e. The number of benzene rings is 1. The highest BCUT2D eigenvalue weighted by molar-refractivity contribution is 14.0. The van der Waals surface area contributed by atoms with Crippen molar-refractivity contribution in [1.82, 2.24) is 15.5 Å². The van der Waals surface area contributed by atoms with Gasteiger partial charge in [-0.2, -0.15) is 0 Å². The third-order valence-electron chi connectivity index (χ3n) is 5.67. The number of guanidine groups is 1. The van der Waals surface area contributed by atoms with Crippen LogP contribution in [0.25, 0.3) is 0 Å². The normalized spacial score (nSPS) is 17.2. The number of carbonyl (C=O) groups is 1. The molecule has 1 amide bonds. The van der Waals surface area contributed by atoms with Gasteiger partial charge < -0.3 is 15.5 Å². The van der Waals surface area contributed by atoms with Gasteiger partial charge in [0.2, 0.25) is 5.91 Å². The molecule has 1 aromatic rings. The SMILES string of the molecule is C=CCN1CCC(NC(=NCCCC(=O)N2CCc3ccccc32)NCC)CC1.I. The summed E-state index contributed by atoms with van der Waals surface area (Å²) < 4.78 is 0. The van der Waals surface area contributed by atoms with Crippen LogP contribution in [0.15, 0.2) is 41.9 Å². The molecule has 0 bridgehead atoms. The van der Waals surface area contributed by atoms with E-state index in [2.05, 4.69) is 35.1 Å². The van der Waals surface area contributed by atoms with Crippen LogP contribution in [-0.2, 0) is 11.2 Å². The molecule has 2 N–H and O–H groups in total. The molecule has 2 aliphatic rings. The topological polar surface area (TPSA) is 60.0 Å². The van der Waals surface area contributed by atoms with Crippen molar-refractivity contribution in [2.45, 2.75) is 45.1 Å². The second-order valence-electron chi connectivity index (χ2n) is 7.80. The van der Waals surface area contributed by atoms with E-state index in [-0.39, 0.29) is 29.9 Å². The number of fused-ring (bicyclic) bond motifs is 1. The minimum Gasteiger partial charge on any atom is -0.357 e. The summed E-state index contributed by atoms with van der Waals surface area (Å²) in [5.74, 6) is 1.08. The average Bonchev–Trinajstić information content (AvgIpc) is 3.17. The summed E-state index contributed by atoms with van der Waals surface area (Å²) in [6.07, 6.45) is 6.47. The highest BCUT2D eigenvalue weighted by Crippen LogP contribution is 2.28. The van der Waals surface area contributed by atoms with Crippen LogP contribution < -0.4 is 15.5 Å². The van der Waals surface area contributed by atoms with Gasteiger partial charge in [-0.15, -0.1) is 30.6 Å². The summed E-state index contributed by atoms with van der Waals surface area (Å²) in [7, 11) is 0. The van der Waals surface area contributed by atoms with E-state index in [1.165, 1.54) is 5.56 Å². The quantitative estimate of drug-likeness (QED) is 0.180. The third kappa shape index (κ3) is 6.97. The number of nitrogens with zero attached hydrogens (tertiary/aromatic N) is 3. The fourth-order valence-electron chi connectivity index (χ4n) is 4.11. The molecule has 30 heavy (non-hydrogen) atoms. The Bertz CT molecular complexity index is 715. The molecule has 6 nitrogen and oxygen atoms in total. The van der Waals surface area contributed by atoms with Gasteiger partial charge >= 0.3 is 0 Å². The highest BCUT2D eigenvalue weighted by atomic mass is 127. The highest BCUT2D eigenvalue weighted by Gasteiger charge is 2.23. The molecule has 2 aliphatic heterocycles. The Morgan fingerprint density at radius 2 is 2.03 bits per heavy atom. The van der Waals surface area contributed by atoms with Gasteiger partial charge in [0.15, 0.2) is 5.96 Å². The molecule has 0 spiro atoms. The first-order chi connectivity index (χ1) is 14.2. The van der Waals surface area contributed by atoms with Crippen LogP contribution in [0.4, 0.5) is 5.69 Å². The van der Waals surface area contributed by atoms with Crippen LogP contribution in [0.3, 0.4) is 0 Å². The Morgan fingerprint density at radius 3 is 2.77 bits per heavy atom. The Hall–Kier alpha value is -1.61. The van der Waals surface area contributed by atoms with Crippen molar-refractivity contribution in [2.24, 2.45) is 4.99 Å². The lowest BCUT2D eigenvalue weighted by atomic mass is 10.1. The fourth-order valence-corrected chi connectivity index (χ4v) is 4.11.